The van der Waals surface area contributed by atoms with Gasteiger partial charge in [-0.1, -0.05) is 11.6 Å². The molecule has 3 N–H and O–H groups in total. The summed E-state index contributed by atoms with van der Waals surface area (Å²) < 4.78 is 32.9. The molecule has 0 bridgehead atoms. The number of halogens is 3. The maximum absolute atomic E-state index is 14.6. The summed E-state index contributed by atoms with van der Waals surface area (Å²) in [5.74, 6) is -1.33. The molecular formula is C20H16ClF2N5O3. The third-order valence-corrected chi connectivity index (χ3v) is 5.14. The van der Waals surface area contributed by atoms with Crippen LogP contribution in [-0.2, 0) is 17.8 Å². The lowest BCUT2D eigenvalue weighted by Gasteiger charge is -2.16. The first-order valence-electron chi connectivity index (χ1n) is 9.28. The molecule has 1 heterocycles. The summed E-state index contributed by atoms with van der Waals surface area (Å²) in [6.45, 7) is -0.139. The van der Waals surface area contributed by atoms with Gasteiger partial charge >= 0.3 is 6.09 Å². The van der Waals surface area contributed by atoms with Crippen LogP contribution >= 0.6 is 11.6 Å². The molecule has 0 spiro atoms. The van der Waals surface area contributed by atoms with Crippen molar-refractivity contribution in [3.63, 3.8) is 0 Å². The second-order valence-corrected chi connectivity index (χ2v) is 7.20. The molecule has 0 aliphatic heterocycles. The number of ether oxygens (including phenoxy) is 1. The van der Waals surface area contributed by atoms with Crippen LogP contribution in [0.25, 0.3) is 0 Å². The number of aromatic amines is 1. The van der Waals surface area contributed by atoms with Crippen molar-refractivity contribution in [1.29, 1.82) is 0 Å². The molecule has 1 aliphatic carbocycles. The van der Waals surface area contributed by atoms with E-state index in [1.807, 2.05) is 0 Å². The standard InChI is InChI=1S/C20H16ClF2N5O3/c21-13-7-10(1-4-14(13)22)26-19(29)12-2-5-15(23)18-11(12)3-6-16(18)27-20(30)31-8-17-24-9-25-28-17/h1-2,4-5,7,9,16H,3,6,8H2,(H,26,29)(H,27,30)(H,24,25,28)/t16-/m0/s1. The highest BCUT2D eigenvalue weighted by atomic mass is 35.5. The average Bonchev–Trinajstić information content (AvgIpc) is 3.40. The fraction of sp³-hybridized carbons (Fsp3) is 0.200. The number of benzene rings is 2. The maximum Gasteiger partial charge on any atom is 0.408 e. The molecule has 2 amide bonds. The van der Waals surface area contributed by atoms with Crippen molar-refractivity contribution in [2.24, 2.45) is 0 Å². The summed E-state index contributed by atoms with van der Waals surface area (Å²) in [5, 5.41) is 11.4. The second-order valence-electron chi connectivity index (χ2n) is 6.80. The number of hydrogen-bond donors (Lipinski definition) is 3. The Kier molecular flexibility index (Phi) is 5.81. The number of H-pyrrole nitrogens is 1. The van der Waals surface area contributed by atoms with E-state index in [9.17, 15) is 18.4 Å². The first-order chi connectivity index (χ1) is 14.9. The highest BCUT2D eigenvalue weighted by Crippen LogP contribution is 2.36. The van der Waals surface area contributed by atoms with Gasteiger partial charge in [0.05, 0.1) is 11.1 Å². The Balaban J connectivity index is 1.48. The lowest BCUT2D eigenvalue weighted by molar-refractivity contribution is 0.102. The number of aromatic nitrogens is 3. The van der Waals surface area contributed by atoms with Crippen LogP contribution in [0.4, 0.5) is 19.3 Å². The van der Waals surface area contributed by atoms with E-state index < -0.39 is 29.7 Å². The zero-order valence-corrected chi connectivity index (χ0v) is 16.7. The minimum atomic E-state index is -0.752. The van der Waals surface area contributed by atoms with Gasteiger partial charge in [-0.3, -0.25) is 9.89 Å². The van der Waals surface area contributed by atoms with Gasteiger partial charge in [-0.2, -0.15) is 5.10 Å². The lowest BCUT2D eigenvalue weighted by Crippen LogP contribution is -2.28. The molecule has 0 saturated heterocycles. The summed E-state index contributed by atoms with van der Waals surface area (Å²) in [7, 11) is 0. The number of anilines is 1. The average molecular weight is 448 g/mol. The van der Waals surface area contributed by atoms with E-state index in [4.69, 9.17) is 16.3 Å². The number of hydrogen-bond acceptors (Lipinski definition) is 5. The van der Waals surface area contributed by atoms with E-state index in [1.165, 1.54) is 30.6 Å². The Morgan fingerprint density at radius 2 is 2.03 bits per heavy atom. The molecule has 0 unspecified atom stereocenters. The van der Waals surface area contributed by atoms with Gasteiger partial charge in [-0.25, -0.2) is 18.6 Å². The van der Waals surface area contributed by atoms with Crippen molar-refractivity contribution in [3.8, 4) is 0 Å². The zero-order chi connectivity index (χ0) is 22.0. The Hall–Kier alpha value is -3.53. The zero-order valence-electron chi connectivity index (χ0n) is 15.9. The van der Waals surface area contributed by atoms with Crippen molar-refractivity contribution in [2.45, 2.75) is 25.5 Å². The minimum absolute atomic E-state index is 0.130. The smallest absolute Gasteiger partial charge is 0.408 e. The molecule has 3 aromatic rings. The van der Waals surface area contributed by atoms with Gasteiger partial charge in [-0.15, -0.1) is 0 Å². The number of fused-ring (bicyclic) bond motifs is 1. The summed E-state index contributed by atoms with van der Waals surface area (Å²) in [6, 6.07) is 5.69. The first kappa shape index (κ1) is 20.7. The highest BCUT2D eigenvalue weighted by molar-refractivity contribution is 6.31. The molecule has 0 saturated carbocycles. The molecule has 11 heteroatoms. The molecule has 0 fully saturated rings. The van der Waals surface area contributed by atoms with Crippen LogP contribution < -0.4 is 10.6 Å². The number of nitrogens with zero attached hydrogens (tertiary/aromatic N) is 2. The normalized spacial score (nSPS) is 14.7. The van der Waals surface area contributed by atoms with Gasteiger partial charge in [-0.05, 0) is 48.7 Å². The van der Waals surface area contributed by atoms with Gasteiger partial charge in [0.1, 0.15) is 18.0 Å². The molecule has 31 heavy (non-hydrogen) atoms. The predicted molar refractivity (Wildman–Crippen MR) is 107 cm³/mol. The fourth-order valence-electron chi connectivity index (χ4n) is 3.46. The van der Waals surface area contributed by atoms with Crippen molar-refractivity contribution < 1.29 is 23.1 Å². The van der Waals surface area contributed by atoms with E-state index in [1.54, 1.807) is 0 Å². The number of amides is 2. The van der Waals surface area contributed by atoms with Gasteiger partial charge in [0.25, 0.3) is 5.91 Å². The van der Waals surface area contributed by atoms with E-state index in [-0.39, 0.29) is 22.8 Å². The number of nitrogens with one attached hydrogen (secondary N) is 3. The monoisotopic (exact) mass is 447 g/mol. The van der Waals surface area contributed by atoms with E-state index in [0.717, 1.165) is 6.07 Å². The van der Waals surface area contributed by atoms with E-state index >= 15 is 0 Å². The maximum atomic E-state index is 14.6. The number of carbonyl (C=O) groups excluding carboxylic acids is 2. The van der Waals surface area contributed by atoms with Gasteiger partial charge in [0.2, 0.25) is 0 Å². The molecule has 8 nitrogen and oxygen atoms in total. The summed E-state index contributed by atoms with van der Waals surface area (Å²) in [6.07, 6.45) is 1.38. The number of rotatable bonds is 5. The Bertz CT molecular complexity index is 1140. The van der Waals surface area contributed by atoms with Crippen LogP contribution in [0.2, 0.25) is 5.02 Å². The third kappa shape index (κ3) is 4.48. The van der Waals surface area contributed by atoms with Crippen LogP contribution in [-0.4, -0.2) is 27.2 Å². The van der Waals surface area contributed by atoms with E-state index in [0.29, 0.717) is 29.9 Å². The second kappa shape index (κ2) is 8.68. The number of carbonyl (C=O) groups is 2. The van der Waals surface area contributed by atoms with Gasteiger partial charge in [0.15, 0.2) is 12.4 Å². The van der Waals surface area contributed by atoms with Crippen LogP contribution in [0.1, 0.15) is 39.8 Å². The quantitative estimate of drug-likeness (QED) is 0.549. The fourth-order valence-corrected chi connectivity index (χ4v) is 3.64. The molecule has 2 aromatic carbocycles. The van der Waals surface area contributed by atoms with Crippen LogP contribution in [0.5, 0.6) is 0 Å². The minimum Gasteiger partial charge on any atom is -0.441 e. The molecule has 1 atom stereocenters. The molecule has 0 radical (unpaired) electrons. The van der Waals surface area contributed by atoms with Crippen LogP contribution in [0, 0.1) is 11.6 Å². The molecule has 1 aromatic heterocycles. The summed E-state index contributed by atoms with van der Waals surface area (Å²) >= 11 is 5.75. The Labute approximate surface area is 180 Å². The van der Waals surface area contributed by atoms with Gasteiger partial charge < -0.3 is 15.4 Å². The van der Waals surface area contributed by atoms with E-state index in [2.05, 4.69) is 25.8 Å². The lowest BCUT2D eigenvalue weighted by atomic mass is 10.0. The van der Waals surface area contributed by atoms with Crippen molar-refractivity contribution >= 4 is 29.3 Å². The Morgan fingerprint density at radius 3 is 2.77 bits per heavy atom. The van der Waals surface area contributed by atoms with Crippen LogP contribution in [0.15, 0.2) is 36.7 Å². The summed E-state index contributed by atoms with van der Waals surface area (Å²) in [5.41, 5.74) is 1.29. The number of alkyl carbamates (subject to hydrolysis) is 1. The third-order valence-electron chi connectivity index (χ3n) is 4.85. The van der Waals surface area contributed by atoms with Crippen molar-refractivity contribution in [3.05, 3.63) is 75.8 Å². The topological polar surface area (TPSA) is 109 Å². The van der Waals surface area contributed by atoms with Gasteiger partial charge in [0, 0.05) is 16.8 Å². The SMILES string of the molecule is O=C(N[C@H]1CCc2c(C(=O)Nc3ccc(F)c(Cl)c3)ccc(F)c21)OCc1nc[nH]n1. The molecule has 160 valence electrons. The predicted octanol–water partition coefficient (Wildman–Crippen LogP) is 3.90. The summed E-state index contributed by atoms with van der Waals surface area (Å²) in [4.78, 5) is 28.7. The van der Waals surface area contributed by atoms with Crippen molar-refractivity contribution in [1.82, 2.24) is 20.5 Å². The molecular weight excluding hydrogens is 432 g/mol. The van der Waals surface area contributed by atoms with Crippen molar-refractivity contribution in [2.75, 3.05) is 5.32 Å². The largest absolute Gasteiger partial charge is 0.441 e. The Morgan fingerprint density at radius 1 is 1.23 bits per heavy atom. The first-order valence-corrected chi connectivity index (χ1v) is 9.66. The highest BCUT2D eigenvalue weighted by Gasteiger charge is 2.31. The van der Waals surface area contributed by atoms with Crippen LogP contribution in [0.3, 0.4) is 0 Å². The molecule has 1 aliphatic rings. The molecule has 4 rings (SSSR count).